The molecule has 0 bridgehead atoms. The number of carbonyl (C=O) groups excluding carboxylic acids is 1. The van der Waals surface area contributed by atoms with E-state index in [4.69, 9.17) is 4.74 Å². The van der Waals surface area contributed by atoms with Gasteiger partial charge in [-0.1, -0.05) is 6.07 Å². The third-order valence-corrected chi connectivity index (χ3v) is 4.30. The summed E-state index contributed by atoms with van der Waals surface area (Å²) in [4.78, 5) is 14.9. The fourth-order valence-corrected chi connectivity index (χ4v) is 3.20. The number of benzene rings is 1. The minimum atomic E-state index is -0.150. The lowest BCUT2D eigenvalue weighted by Gasteiger charge is -2.17. The lowest BCUT2D eigenvalue weighted by Crippen LogP contribution is -2.30. The number of hydrogen-bond acceptors (Lipinski definition) is 3. The lowest BCUT2D eigenvalue weighted by atomic mass is 10.3. The quantitative estimate of drug-likeness (QED) is 0.894. The zero-order valence-electron chi connectivity index (χ0n) is 11.2. The molecule has 0 aliphatic heterocycles. The van der Waals surface area contributed by atoms with E-state index < -0.39 is 0 Å². The van der Waals surface area contributed by atoms with Crippen LogP contribution in [-0.4, -0.2) is 25.1 Å². The molecule has 0 aliphatic carbocycles. The first-order valence-electron chi connectivity index (χ1n) is 5.99. The maximum absolute atomic E-state index is 12.1. The van der Waals surface area contributed by atoms with Gasteiger partial charge in [0.15, 0.2) is 0 Å². The smallest absolute Gasteiger partial charge is 0.321 e. The van der Waals surface area contributed by atoms with Crippen LogP contribution in [0.4, 0.5) is 10.5 Å². The number of rotatable bonds is 4. The van der Waals surface area contributed by atoms with Crippen LogP contribution >= 0.6 is 27.3 Å². The van der Waals surface area contributed by atoms with Gasteiger partial charge < -0.3 is 15.0 Å². The van der Waals surface area contributed by atoms with Crippen molar-refractivity contribution in [3.63, 3.8) is 0 Å². The van der Waals surface area contributed by atoms with E-state index in [2.05, 4.69) is 21.2 Å². The highest BCUT2D eigenvalue weighted by atomic mass is 79.9. The summed E-state index contributed by atoms with van der Waals surface area (Å²) in [6, 6.07) is 11.1. The van der Waals surface area contributed by atoms with Gasteiger partial charge in [-0.05, 0) is 40.2 Å². The number of hydrogen-bond donors (Lipinski definition) is 1. The Kier molecular flexibility index (Phi) is 5.03. The van der Waals surface area contributed by atoms with Crippen LogP contribution in [0, 0.1) is 0 Å². The van der Waals surface area contributed by atoms with E-state index in [-0.39, 0.29) is 6.03 Å². The van der Waals surface area contributed by atoms with Crippen LogP contribution in [0.5, 0.6) is 5.75 Å². The van der Waals surface area contributed by atoms with Gasteiger partial charge in [-0.25, -0.2) is 4.79 Å². The number of carbonyl (C=O) groups is 1. The van der Waals surface area contributed by atoms with Gasteiger partial charge >= 0.3 is 6.03 Å². The molecule has 0 unspecified atom stereocenters. The number of amides is 2. The number of methoxy groups -OCH3 is 1. The fraction of sp³-hybridized carbons (Fsp3) is 0.214. The van der Waals surface area contributed by atoms with Crippen molar-refractivity contribution in [2.75, 3.05) is 19.5 Å². The first-order valence-corrected chi connectivity index (χ1v) is 7.60. The molecule has 20 heavy (non-hydrogen) atoms. The Morgan fingerprint density at radius 1 is 1.40 bits per heavy atom. The average Bonchev–Trinajstić information content (AvgIpc) is 2.84. The Morgan fingerprint density at radius 3 is 2.85 bits per heavy atom. The van der Waals surface area contributed by atoms with Crippen molar-refractivity contribution in [1.82, 2.24) is 4.90 Å². The standard InChI is InChI=1S/C14H15BrN2O2S/c1-17(9-12-6-7-13(15)20-12)14(18)16-10-4-3-5-11(8-10)19-2/h3-8H,9H2,1-2H3,(H,16,18). The molecule has 4 nitrogen and oxygen atoms in total. The van der Waals surface area contributed by atoms with Crippen molar-refractivity contribution in [1.29, 1.82) is 0 Å². The summed E-state index contributed by atoms with van der Waals surface area (Å²) in [6.07, 6.45) is 0. The van der Waals surface area contributed by atoms with E-state index in [9.17, 15) is 4.79 Å². The average molecular weight is 355 g/mol. The summed E-state index contributed by atoms with van der Waals surface area (Å²) in [5.41, 5.74) is 0.716. The minimum absolute atomic E-state index is 0.150. The van der Waals surface area contributed by atoms with Gasteiger partial charge in [0.2, 0.25) is 0 Å². The second kappa shape index (κ2) is 6.76. The first kappa shape index (κ1) is 14.9. The van der Waals surface area contributed by atoms with Gasteiger partial charge in [-0.3, -0.25) is 0 Å². The molecule has 6 heteroatoms. The Morgan fingerprint density at radius 2 is 2.20 bits per heavy atom. The number of nitrogens with one attached hydrogen (secondary N) is 1. The van der Waals surface area contributed by atoms with E-state index in [1.165, 1.54) is 0 Å². The molecule has 0 aliphatic rings. The maximum atomic E-state index is 12.1. The summed E-state index contributed by atoms with van der Waals surface area (Å²) in [6.45, 7) is 0.575. The van der Waals surface area contributed by atoms with Crippen LogP contribution in [-0.2, 0) is 6.54 Å². The summed E-state index contributed by atoms with van der Waals surface area (Å²) in [5.74, 6) is 0.715. The normalized spacial score (nSPS) is 10.2. The van der Waals surface area contributed by atoms with Crippen molar-refractivity contribution < 1.29 is 9.53 Å². The van der Waals surface area contributed by atoms with Crippen LogP contribution < -0.4 is 10.1 Å². The zero-order chi connectivity index (χ0) is 14.5. The van der Waals surface area contributed by atoms with Gasteiger partial charge in [-0.15, -0.1) is 11.3 Å². The van der Waals surface area contributed by atoms with E-state index in [0.29, 0.717) is 18.0 Å². The Labute approximate surface area is 130 Å². The van der Waals surface area contributed by atoms with Crippen LogP contribution in [0.15, 0.2) is 40.2 Å². The highest BCUT2D eigenvalue weighted by Gasteiger charge is 2.10. The largest absolute Gasteiger partial charge is 0.497 e. The maximum Gasteiger partial charge on any atom is 0.321 e. The molecular formula is C14H15BrN2O2S. The fourth-order valence-electron chi connectivity index (χ4n) is 1.66. The van der Waals surface area contributed by atoms with Gasteiger partial charge in [-0.2, -0.15) is 0 Å². The molecule has 2 rings (SSSR count). The minimum Gasteiger partial charge on any atom is -0.497 e. The summed E-state index contributed by atoms with van der Waals surface area (Å²) in [7, 11) is 3.37. The summed E-state index contributed by atoms with van der Waals surface area (Å²) in [5, 5.41) is 2.84. The molecule has 0 spiro atoms. The number of thiophene rings is 1. The van der Waals surface area contributed by atoms with E-state index >= 15 is 0 Å². The predicted octanol–water partition coefficient (Wildman–Crippen LogP) is 4.18. The number of nitrogens with zero attached hydrogens (tertiary/aromatic N) is 1. The molecule has 2 amide bonds. The third kappa shape index (κ3) is 3.98. The topological polar surface area (TPSA) is 41.6 Å². The predicted molar refractivity (Wildman–Crippen MR) is 85.5 cm³/mol. The Hall–Kier alpha value is -1.53. The summed E-state index contributed by atoms with van der Waals surface area (Å²) < 4.78 is 6.19. The molecule has 1 heterocycles. The molecule has 0 radical (unpaired) electrons. The zero-order valence-corrected chi connectivity index (χ0v) is 13.6. The van der Waals surface area contributed by atoms with E-state index in [1.54, 1.807) is 36.5 Å². The van der Waals surface area contributed by atoms with Crippen molar-refractivity contribution in [3.8, 4) is 5.75 Å². The Bertz CT molecular complexity index is 600. The highest BCUT2D eigenvalue weighted by Crippen LogP contribution is 2.23. The third-order valence-electron chi connectivity index (χ3n) is 2.69. The number of urea groups is 1. The van der Waals surface area contributed by atoms with E-state index in [1.807, 2.05) is 30.3 Å². The molecule has 106 valence electrons. The Balaban J connectivity index is 1.96. The summed E-state index contributed by atoms with van der Waals surface area (Å²) >= 11 is 5.04. The second-order valence-corrected chi connectivity index (χ2v) is 6.77. The van der Waals surface area contributed by atoms with Crippen LogP contribution in [0.25, 0.3) is 0 Å². The molecular weight excluding hydrogens is 340 g/mol. The SMILES string of the molecule is COc1cccc(NC(=O)N(C)Cc2ccc(Br)s2)c1. The molecule has 0 saturated carbocycles. The molecule has 0 saturated heterocycles. The lowest BCUT2D eigenvalue weighted by molar-refractivity contribution is 0.221. The number of ether oxygens (including phenoxy) is 1. The van der Waals surface area contributed by atoms with Crippen molar-refractivity contribution in [2.45, 2.75) is 6.54 Å². The molecule has 1 aromatic heterocycles. The first-order chi connectivity index (χ1) is 9.58. The van der Waals surface area contributed by atoms with Crippen LogP contribution in [0.1, 0.15) is 4.88 Å². The van der Waals surface area contributed by atoms with Crippen LogP contribution in [0.3, 0.4) is 0 Å². The highest BCUT2D eigenvalue weighted by molar-refractivity contribution is 9.11. The molecule has 2 aromatic rings. The monoisotopic (exact) mass is 354 g/mol. The van der Waals surface area contributed by atoms with Gasteiger partial charge in [0.25, 0.3) is 0 Å². The molecule has 1 N–H and O–H groups in total. The van der Waals surface area contributed by atoms with Gasteiger partial charge in [0, 0.05) is 23.7 Å². The van der Waals surface area contributed by atoms with Crippen molar-refractivity contribution in [3.05, 3.63) is 45.1 Å². The molecule has 0 atom stereocenters. The second-order valence-electron chi connectivity index (χ2n) is 4.22. The van der Waals surface area contributed by atoms with Crippen molar-refractivity contribution >= 4 is 39.0 Å². The van der Waals surface area contributed by atoms with Crippen LogP contribution in [0.2, 0.25) is 0 Å². The number of anilines is 1. The van der Waals surface area contributed by atoms with Gasteiger partial charge in [0.05, 0.1) is 17.4 Å². The van der Waals surface area contributed by atoms with Crippen molar-refractivity contribution in [2.24, 2.45) is 0 Å². The molecule has 0 fully saturated rings. The number of halogens is 1. The molecule has 1 aromatic carbocycles. The van der Waals surface area contributed by atoms with E-state index in [0.717, 1.165) is 8.66 Å². The van der Waals surface area contributed by atoms with Gasteiger partial charge in [0.1, 0.15) is 5.75 Å².